The molecule has 0 aromatic heterocycles. The van der Waals surface area contributed by atoms with Crippen LogP contribution in [0, 0.1) is 6.92 Å². The van der Waals surface area contributed by atoms with Gasteiger partial charge in [-0.05, 0) is 39.8 Å². The molecular formula is C14H20Cl3N2O+. The van der Waals surface area contributed by atoms with E-state index in [2.05, 4.69) is 5.32 Å². The zero-order valence-corrected chi connectivity index (χ0v) is 14.3. The molecule has 0 fully saturated rings. The SMILES string of the molecule is Cc1cccc(C(=O)N[C@@H]([NH2+]C(C)(C)C)C(Cl)(Cl)Cl)c1. The number of hydrogen-bond acceptors (Lipinski definition) is 1. The largest absolute Gasteiger partial charge is 0.319 e. The van der Waals surface area contributed by atoms with Gasteiger partial charge in [0.25, 0.3) is 9.70 Å². The summed E-state index contributed by atoms with van der Waals surface area (Å²) in [7, 11) is 0. The first-order chi connectivity index (χ1) is 8.99. The highest BCUT2D eigenvalue weighted by atomic mass is 35.6. The van der Waals surface area contributed by atoms with Gasteiger partial charge in [0.05, 0.1) is 5.54 Å². The second-order valence-corrected chi connectivity index (χ2v) is 8.26. The van der Waals surface area contributed by atoms with Crippen LogP contribution in [0.25, 0.3) is 0 Å². The Morgan fingerprint density at radius 1 is 1.25 bits per heavy atom. The van der Waals surface area contributed by atoms with Crippen LogP contribution < -0.4 is 10.6 Å². The number of hydrogen-bond donors (Lipinski definition) is 2. The molecular weight excluding hydrogens is 319 g/mol. The highest BCUT2D eigenvalue weighted by Gasteiger charge is 2.40. The third-order valence-electron chi connectivity index (χ3n) is 2.59. The van der Waals surface area contributed by atoms with Crippen molar-refractivity contribution in [1.29, 1.82) is 0 Å². The number of nitrogens with two attached hydrogens (primary N) is 1. The van der Waals surface area contributed by atoms with Crippen LogP contribution in [0.1, 0.15) is 36.7 Å². The quantitative estimate of drug-likeness (QED) is 0.646. The monoisotopic (exact) mass is 337 g/mol. The van der Waals surface area contributed by atoms with Gasteiger partial charge in [0, 0.05) is 5.56 Å². The molecule has 0 radical (unpaired) electrons. The van der Waals surface area contributed by atoms with Crippen LogP contribution in [0.4, 0.5) is 0 Å². The van der Waals surface area contributed by atoms with Gasteiger partial charge in [-0.2, -0.15) is 0 Å². The third-order valence-corrected chi connectivity index (χ3v) is 3.29. The average Bonchev–Trinajstić information content (AvgIpc) is 2.25. The van der Waals surface area contributed by atoms with Crippen molar-refractivity contribution in [3.8, 4) is 0 Å². The van der Waals surface area contributed by atoms with Crippen molar-refractivity contribution in [3.63, 3.8) is 0 Å². The van der Waals surface area contributed by atoms with E-state index in [0.29, 0.717) is 5.56 Å². The molecule has 0 heterocycles. The number of quaternary nitrogens is 1. The summed E-state index contributed by atoms with van der Waals surface area (Å²) >= 11 is 17.9. The predicted molar refractivity (Wildman–Crippen MR) is 84.4 cm³/mol. The van der Waals surface area contributed by atoms with E-state index in [-0.39, 0.29) is 11.4 Å². The predicted octanol–water partition coefficient (Wildman–Crippen LogP) is 2.78. The van der Waals surface area contributed by atoms with E-state index in [1.807, 2.05) is 45.1 Å². The van der Waals surface area contributed by atoms with Crippen LogP contribution in [0.2, 0.25) is 0 Å². The number of nitrogens with one attached hydrogen (secondary N) is 1. The summed E-state index contributed by atoms with van der Waals surface area (Å²) < 4.78 is -1.59. The van der Waals surface area contributed by atoms with E-state index in [0.717, 1.165) is 5.56 Å². The standard InChI is InChI=1S/C14H19Cl3N2O/c1-9-6-5-7-10(8-9)11(20)18-12(14(15,16)17)19-13(2,3)4/h5-8,12,19H,1-4H3,(H,18,20)/p+1/t12-/m0/s1. The van der Waals surface area contributed by atoms with E-state index >= 15 is 0 Å². The minimum Gasteiger partial charge on any atom is -0.319 e. The summed E-state index contributed by atoms with van der Waals surface area (Å²) in [4.78, 5) is 12.2. The van der Waals surface area contributed by atoms with Crippen LogP contribution in [-0.2, 0) is 0 Å². The maximum absolute atomic E-state index is 12.2. The first kappa shape index (κ1) is 17.6. The number of benzene rings is 1. The number of rotatable bonds is 3. The molecule has 3 N–H and O–H groups in total. The molecule has 112 valence electrons. The molecule has 1 aromatic rings. The van der Waals surface area contributed by atoms with E-state index in [1.165, 1.54) is 0 Å². The fourth-order valence-electron chi connectivity index (χ4n) is 1.73. The van der Waals surface area contributed by atoms with Crippen LogP contribution in [0.3, 0.4) is 0 Å². The Kier molecular flexibility index (Phi) is 5.73. The second kappa shape index (κ2) is 6.52. The Bertz CT molecular complexity index is 478. The molecule has 0 saturated carbocycles. The Hall–Kier alpha value is -0.480. The molecule has 0 saturated heterocycles. The van der Waals surface area contributed by atoms with Crippen molar-refractivity contribution >= 4 is 40.7 Å². The van der Waals surface area contributed by atoms with E-state index in [4.69, 9.17) is 34.8 Å². The third kappa shape index (κ3) is 5.88. The zero-order chi connectivity index (χ0) is 15.6. The van der Waals surface area contributed by atoms with Gasteiger partial charge in [-0.25, -0.2) is 0 Å². The molecule has 1 aromatic carbocycles. The number of alkyl halides is 3. The summed E-state index contributed by atoms with van der Waals surface area (Å²) in [5.41, 5.74) is 1.36. The van der Waals surface area contributed by atoms with Crippen molar-refractivity contribution in [1.82, 2.24) is 5.32 Å². The first-order valence-electron chi connectivity index (χ1n) is 6.29. The van der Waals surface area contributed by atoms with Gasteiger partial charge in [-0.1, -0.05) is 52.5 Å². The van der Waals surface area contributed by atoms with Crippen molar-refractivity contribution in [2.45, 2.75) is 43.2 Å². The second-order valence-electron chi connectivity index (χ2n) is 5.89. The lowest BCUT2D eigenvalue weighted by Crippen LogP contribution is -3.03. The van der Waals surface area contributed by atoms with Gasteiger partial charge < -0.3 is 5.32 Å². The maximum Gasteiger partial charge on any atom is 0.262 e. The Balaban J connectivity index is 2.88. The minimum atomic E-state index is -1.59. The highest BCUT2D eigenvalue weighted by Crippen LogP contribution is 2.28. The van der Waals surface area contributed by atoms with Crippen molar-refractivity contribution in [2.24, 2.45) is 0 Å². The molecule has 0 aliphatic heterocycles. The fraction of sp³-hybridized carbons (Fsp3) is 0.500. The van der Waals surface area contributed by atoms with Gasteiger partial charge >= 0.3 is 0 Å². The lowest BCUT2D eigenvalue weighted by atomic mass is 10.1. The molecule has 0 aliphatic carbocycles. The molecule has 20 heavy (non-hydrogen) atoms. The van der Waals surface area contributed by atoms with E-state index < -0.39 is 9.96 Å². The normalized spacial score (nSPS) is 13.9. The minimum absolute atomic E-state index is 0.186. The van der Waals surface area contributed by atoms with Crippen LogP contribution in [-0.4, -0.2) is 21.4 Å². The van der Waals surface area contributed by atoms with E-state index in [1.54, 1.807) is 12.1 Å². The smallest absolute Gasteiger partial charge is 0.262 e. The molecule has 6 heteroatoms. The molecule has 1 amide bonds. The van der Waals surface area contributed by atoms with Crippen molar-refractivity contribution < 1.29 is 10.1 Å². The lowest BCUT2D eigenvalue weighted by molar-refractivity contribution is -0.749. The summed E-state index contributed by atoms with van der Waals surface area (Å²) in [6, 6.07) is 7.27. The fourth-order valence-corrected chi connectivity index (χ4v) is 2.08. The molecule has 1 rings (SSSR count). The van der Waals surface area contributed by atoms with Gasteiger partial charge in [0.1, 0.15) is 0 Å². The molecule has 0 unspecified atom stereocenters. The summed E-state index contributed by atoms with van der Waals surface area (Å²) in [6.45, 7) is 7.87. The number of halogens is 3. The molecule has 3 nitrogen and oxygen atoms in total. The zero-order valence-electron chi connectivity index (χ0n) is 12.0. The summed E-state index contributed by atoms with van der Waals surface area (Å²) in [6.07, 6.45) is -0.666. The van der Waals surface area contributed by atoms with Gasteiger partial charge in [0.2, 0.25) is 6.17 Å². The molecule has 1 atom stereocenters. The lowest BCUT2D eigenvalue weighted by Gasteiger charge is -2.29. The van der Waals surface area contributed by atoms with Gasteiger partial charge in [0.15, 0.2) is 0 Å². The Morgan fingerprint density at radius 3 is 2.30 bits per heavy atom. The van der Waals surface area contributed by atoms with Crippen molar-refractivity contribution in [3.05, 3.63) is 35.4 Å². The molecule has 0 spiro atoms. The molecule has 0 bridgehead atoms. The topological polar surface area (TPSA) is 45.7 Å². The van der Waals surface area contributed by atoms with Gasteiger partial charge in [-0.15, -0.1) is 0 Å². The van der Waals surface area contributed by atoms with Crippen LogP contribution in [0.15, 0.2) is 24.3 Å². The Labute approximate surface area is 135 Å². The van der Waals surface area contributed by atoms with Crippen LogP contribution >= 0.6 is 34.8 Å². The number of amides is 1. The number of aryl methyl sites for hydroxylation is 1. The number of carbonyl (C=O) groups excluding carboxylic acids is 1. The van der Waals surface area contributed by atoms with E-state index in [9.17, 15) is 4.79 Å². The average molecular weight is 339 g/mol. The van der Waals surface area contributed by atoms with Crippen LogP contribution in [0.5, 0.6) is 0 Å². The molecule has 0 aliphatic rings. The Morgan fingerprint density at radius 2 is 1.85 bits per heavy atom. The van der Waals surface area contributed by atoms with Gasteiger partial charge in [-0.3, -0.25) is 10.1 Å². The highest BCUT2D eigenvalue weighted by molar-refractivity contribution is 6.68. The summed E-state index contributed by atoms with van der Waals surface area (Å²) in [5, 5.41) is 4.59. The maximum atomic E-state index is 12.2. The first-order valence-corrected chi connectivity index (χ1v) is 7.43. The number of carbonyl (C=O) groups is 1. The van der Waals surface area contributed by atoms with Crippen molar-refractivity contribution in [2.75, 3.05) is 0 Å². The summed E-state index contributed by atoms with van der Waals surface area (Å²) in [5.74, 6) is -0.259.